The fraction of sp³-hybridized carbons (Fsp3) is 0.667. The van der Waals surface area contributed by atoms with Crippen molar-refractivity contribution in [3.05, 3.63) is 12.4 Å². The maximum absolute atomic E-state index is 9.75. The standard InChI is InChI=1S/C6H12N2O.BF4/c1-6(9)8-4-3-7(2)5-8;2-1(3,4)5/h3-4,6,9H,5H2,1-2H3;/q;-1. The van der Waals surface area contributed by atoms with Crippen LogP contribution in [0.15, 0.2) is 12.4 Å². The molecule has 14 heavy (non-hydrogen) atoms. The molecule has 0 saturated heterocycles. The van der Waals surface area contributed by atoms with Crippen LogP contribution in [-0.4, -0.2) is 42.1 Å². The van der Waals surface area contributed by atoms with Gasteiger partial charge in [0.15, 0.2) is 0 Å². The predicted octanol–water partition coefficient (Wildman–Crippen LogP) is 1.30. The third-order valence-corrected chi connectivity index (χ3v) is 1.38. The van der Waals surface area contributed by atoms with Gasteiger partial charge >= 0.3 is 7.25 Å². The highest BCUT2D eigenvalue weighted by molar-refractivity contribution is 6.50. The highest BCUT2D eigenvalue weighted by Crippen LogP contribution is 2.06. The van der Waals surface area contributed by atoms with Crippen LogP contribution in [0.3, 0.4) is 0 Å². The number of aliphatic hydroxyl groups is 1. The highest BCUT2D eigenvalue weighted by Gasteiger charge is 2.20. The monoisotopic (exact) mass is 215 g/mol. The molecule has 1 atom stereocenters. The van der Waals surface area contributed by atoms with Crippen LogP contribution in [0.1, 0.15) is 6.92 Å². The number of nitrogens with zero attached hydrogens (tertiary/aromatic N) is 2. The van der Waals surface area contributed by atoms with E-state index in [1.54, 1.807) is 6.92 Å². The summed E-state index contributed by atoms with van der Waals surface area (Å²) < 4.78 is 39.0. The average molecular weight is 215 g/mol. The molecule has 0 spiro atoms. The Bertz CT molecular complexity index is 191. The van der Waals surface area contributed by atoms with Crippen molar-refractivity contribution in [2.45, 2.75) is 13.2 Å². The lowest BCUT2D eigenvalue weighted by molar-refractivity contribution is 0.0445. The molecular formula is C6H12BF4N2O-. The van der Waals surface area contributed by atoms with Gasteiger partial charge in [0.2, 0.25) is 0 Å². The molecular weight excluding hydrogens is 203 g/mol. The summed E-state index contributed by atoms with van der Waals surface area (Å²) in [4.78, 5) is 3.85. The highest BCUT2D eigenvalue weighted by atomic mass is 19.5. The molecule has 1 N–H and O–H groups in total. The van der Waals surface area contributed by atoms with Crippen molar-refractivity contribution in [2.24, 2.45) is 0 Å². The summed E-state index contributed by atoms with van der Waals surface area (Å²) in [5, 5.41) is 9.02. The molecule has 0 aromatic heterocycles. The van der Waals surface area contributed by atoms with Gasteiger partial charge in [-0.1, -0.05) is 0 Å². The van der Waals surface area contributed by atoms with E-state index in [1.165, 1.54) is 0 Å². The second kappa shape index (κ2) is 5.09. The van der Waals surface area contributed by atoms with Gasteiger partial charge in [0.05, 0.1) is 6.67 Å². The van der Waals surface area contributed by atoms with Crippen LogP contribution in [0.5, 0.6) is 0 Å². The van der Waals surface area contributed by atoms with Crippen molar-refractivity contribution in [1.29, 1.82) is 0 Å². The lowest BCUT2D eigenvalue weighted by Gasteiger charge is -2.20. The van der Waals surface area contributed by atoms with E-state index >= 15 is 0 Å². The predicted molar refractivity (Wildman–Crippen MR) is 45.5 cm³/mol. The van der Waals surface area contributed by atoms with E-state index in [2.05, 4.69) is 0 Å². The number of hydrogen-bond donors (Lipinski definition) is 1. The Labute approximate surface area is 79.7 Å². The number of halogens is 4. The smallest absolute Gasteiger partial charge is 0.418 e. The zero-order valence-electron chi connectivity index (χ0n) is 7.87. The molecule has 1 unspecified atom stereocenters. The first-order valence-electron chi connectivity index (χ1n) is 3.90. The number of hydrogen-bond acceptors (Lipinski definition) is 3. The fourth-order valence-corrected chi connectivity index (χ4v) is 0.794. The quantitative estimate of drug-likeness (QED) is 0.527. The number of aliphatic hydroxyl groups excluding tert-OH is 1. The summed E-state index contributed by atoms with van der Waals surface area (Å²) in [6, 6.07) is 0. The zero-order valence-corrected chi connectivity index (χ0v) is 7.87. The van der Waals surface area contributed by atoms with Gasteiger partial charge in [-0.25, -0.2) is 0 Å². The minimum absolute atomic E-state index is 0.369. The summed E-state index contributed by atoms with van der Waals surface area (Å²) in [6.07, 6.45) is 3.45. The van der Waals surface area contributed by atoms with Crippen LogP contribution in [-0.2, 0) is 0 Å². The van der Waals surface area contributed by atoms with E-state index in [-0.39, 0.29) is 6.23 Å². The molecule has 0 bridgehead atoms. The average Bonchev–Trinajstić information content (AvgIpc) is 2.31. The van der Waals surface area contributed by atoms with Crippen molar-refractivity contribution >= 4 is 7.25 Å². The molecule has 0 saturated carbocycles. The number of rotatable bonds is 1. The van der Waals surface area contributed by atoms with E-state index in [0.717, 1.165) is 6.67 Å². The van der Waals surface area contributed by atoms with Gasteiger partial charge in [-0.05, 0) is 6.92 Å². The molecule has 1 aliphatic heterocycles. The van der Waals surface area contributed by atoms with E-state index in [4.69, 9.17) is 5.11 Å². The second-order valence-corrected chi connectivity index (χ2v) is 2.84. The zero-order chi connectivity index (χ0) is 11.4. The van der Waals surface area contributed by atoms with Crippen molar-refractivity contribution in [2.75, 3.05) is 13.7 Å². The molecule has 84 valence electrons. The van der Waals surface area contributed by atoms with Crippen LogP contribution in [0.2, 0.25) is 0 Å². The van der Waals surface area contributed by atoms with Crippen LogP contribution in [0.4, 0.5) is 17.3 Å². The lowest BCUT2D eigenvalue weighted by Crippen LogP contribution is -2.30. The van der Waals surface area contributed by atoms with Crippen molar-refractivity contribution in [3.63, 3.8) is 0 Å². The normalized spacial score (nSPS) is 17.9. The summed E-state index contributed by atoms with van der Waals surface area (Å²) in [5.41, 5.74) is 0. The topological polar surface area (TPSA) is 26.7 Å². The lowest BCUT2D eigenvalue weighted by atomic mass is 10.3. The first-order valence-corrected chi connectivity index (χ1v) is 3.90. The molecule has 0 aromatic rings. The van der Waals surface area contributed by atoms with Gasteiger partial charge in [0.25, 0.3) is 0 Å². The van der Waals surface area contributed by atoms with Crippen LogP contribution < -0.4 is 0 Å². The van der Waals surface area contributed by atoms with Gasteiger partial charge in [0, 0.05) is 19.4 Å². The van der Waals surface area contributed by atoms with Crippen molar-refractivity contribution < 1.29 is 22.4 Å². The Kier molecular flexibility index (Phi) is 4.75. The van der Waals surface area contributed by atoms with E-state index in [1.807, 2.05) is 29.2 Å². The van der Waals surface area contributed by atoms with Gasteiger partial charge in [-0.2, -0.15) is 0 Å². The molecule has 0 amide bonds. The third-order valence-electron chi connectivity index (χ3n) is 1.38. The first-order chi connectivity index (χ1) is 6.20. The molecule has 1 heterocycles. The Balaban J connectivity index is 0.000000292. The first kappa shape index (κ1) is 13.1. The maximum atomic E-state index is 9.75. The largest absolute Gasteiger partial charge is 0.673 e. The molecule has 8 heteroatoms. The Morgan fingerprint density at radius 2 is 1.71 bits per heavy atom. The summed E-state index contributed by atoms with van der Waals surface area (Å²) >= 11 is 0. The van der Waals surface area contributed by atoms with Crippen LogP contribution in [0, 0.1) is 0 Å². The molecule has 1 rings (SSSR count). The maximum Gasteiger partial charge on any atom is 0.673 e. The van der Waals surface area contributed by atoms with Crippen LogP contribution >= 0.6 is 0 Å². The van der Waals surface area contributed by atoms with Gasteiger partial charge in [-0.3, -0.25) is 0 Å². The Hall–Kier alpha value is -0.915. The van der Waals surface area contributed by atoms with Gasteiger partial charge in [0.1, 0.15) is 6.23 Å². The van der Waals surface area contributed by atoms with Crippen LogP contribution in [0.25, 0.3) is 0 Å². The summed E-state index contributed by atoms with van der Waals surface area (Å²) in [6.45, 7) is 2.54. The van der Waals surface area contributed by atoms with E-state index in [0.29, 0.717) is 0 Å². The molecule has 0 fully saturated rings. The fourth-order valence-electron chi connectivity index (χ4n) is 0.794. The molecule has 3 nitrogen and oxygen atoms in total. The second-order valence-electron chi connectivity index (χ2n) is 2.84. The van der Waals surface area contributed by atoms with Gasteiger partial charge < -0.3 is 32.2 Å². The molecule has 1 aliphatic rings. The van der Waals surface area contributed by atoms with Gasteiger partial charge in [-0.15, -0.1) is 0 Å². The Morgan fingerprint density at radius 1 is 1.29 bits per heavy atom. The van der Waals surface area contributed by atoms with Crippen molar-refractivity contribution in [1.82, 2.24) is 9.80 Å². The summed E-state index contributed by atoms with van der Waals surface area (Å²) in [7, 11) is -4.03. The van der Waals surface area contributed by atoms with E-state index < -0.39 is 7.25 Å². The third kappa shape index (κ3) is 7.72. The molecule has 0 radical (unpaired) electrons. The molecule has 0 aliphatic carbocycles. The Morgan fingerprint density at radius 3 is 1.86 bits per heavy atom. The minimum Gasteiger partial charge on any atom is -0.418 e. The van der Waals surface area contributed by atoms with Crippen molar-refractivity contribution in [3.8, 4) is 0 Å². The van der Waals surface area contributed by atoms with E-state index in [9.17, 15) is 17.3 Å². The summed E-state index contributed by atoms with van der Waals surface area (Å²) in [5.74, 6) is 0. The molecule has 0 aromatic carbocycles. The SMILES string of the molecule is CC(O)N1C=CN(C)C1.F[B-](F)(F)F. The minimum atomic E-state index is -6.00.